The van der Waals surface area contributed by atoms with Gasteiger partial charge in [0.05, 0.1) is 0 Å². The highest BCUT2D eigenvalue weighted by molar-refractivity contribution is 5.72. The van der Waals surface area contributed by atoms with Gasteiger partial charge in [-0.15, -0.1) is 0 Å². The van der Waals surface area contributed by atoms with Gasteiger partial charge in [0.1, 0.15) is 11.6 Å². The minimum Gasteiger partial charge on any atom is -0.480 e. The maximum absolute atomic E-state index is 12.1. The summed E-state index contributed by atoms with van der Waals surface area (Å²) >= 11 is 0. The van der Waals surface area contributed by atoms with Crippen LogP contribution >= 0.6 is 0 Å². The Hall–Kier alpha value is -2.08. The highest BCUT2D eigenvalue weighted by Crippen LogP contribution is 2.25. The van der Waals surface area contributed by atoms with E-state index in [9.17, 15) is 9.59 Å². The predicted molar refractivity (Wildman–Crippen MR) is 85.9 cm³/mol. The zero-order valence-corrected chi connectivity index (χ0v) is 14.0. The average molecular weight is 320 g/mol. The van der Waals surface area contributed by atoms with Crippen LogP contribution in [0.2, 0.25) is 0 Å². The zero-order valence-electron chi connectivity index (χ0n) is 14.0. The van der Waals surface area contributed by atoms with Gasteiger partial charge >= 0.3 is 12.1 Å². The second-order valence-electron chi connectivity index (χ2n) is 6.88. The molecular weight excluding hydrogens is 296 g/mol. The number of carboxylic acids is 1. The van der Waals surface area contributed by atoms with Crippen LogP contribution in [0.3, 0.4) is 0 Å². The van der Waals surface area contributed by atoms with Crippen LogP contribution < -0.4 is 5.32 Å². The van der Waals surface area contributed by atoms with Crippen molar-refractivity contribution in [1.82, 2.24) is 10.2 Å². The highest BCUT2D eigenvalue weighted by Gasteiger charge is 2.27. The molecule has 1 aromatic rings. The van der Waals surface area contributed by atoms with Gasteiger partial charge in [0, 0.05) is 19.6 Å². The van der Waals surface area contributed by atoms with E-state index in [0.717, 1.165) is 16.7 Å². The molecule has 23 heavy (non-hydrogen) atoms. The lowest BCUT2D eigenvalue weighted by atomic mass is 10.1. The number of nitrogens with zero attached hydrogens (tertiary/aromatic N) is 1. The van der Waals surface area contributed by atoms with E-state index in [4.69, 9.17) is 9.84 Å². The molecule has 0 radical (unpaired) electrons. The number of ether oxygens (including phenoxy) is 1. The van der Waals surface area contributed by atoms with Crippen LogP contribution in [0.25, 0.3) is 0 Å². The molecular formula is C17H24N2O4. The minimum absolute atomic E-state index is 0.312. The van der Waals surface area contributed by atoms with E-state index in [-0.39, 0.29) is 6.09 Å². The van der Waals surface area contributed by atoms with Crippen LogP contribution in [0.15, 0.2) is 18.2 Å². The number of carbonyl (C=O) groups is 2. The van der Waals surface area contributed by atoms with Crippen molar-refractivity contribution in [1.29, 1.82) is 0 Å². The highest BCUT2D eigenvalue weighted by atomic mass is 16.6. The molecule has 0 aliphatic carbocycles. The Bertz CT molecular complexity index is 607. The van der Waals surface area contributed by atoms with E-state index in [1.807, 2.05) is 39.0 Å². The molecule has 2 N–H and O–H groups in total. The summed E-state index contributed by atoms with van der Waals surface area (Å²) in [6.45, 7) is 8.70. The van der Waals surface area contributed by atoms with Crippen LogP contribution in [0.5, 0.6) is 0 Å². The summed E-state index contributed by atoms with van der Waals surface area (Å²) in [5.41, 5.74) is 2.68. The van der Waals surface area contributed by atoms with Gasteiger partial charge in [0.25, 0.3) is 0 Å². The lowest BCUT2D eigenvalue weighted by Gasteiger charge is -2.24. The first-order valence-electron chi connectivity index (χ1n) is 7.70. The van der Waals surface area contributed by atoms with Crippen LogP contribution in [0, 0.1) is 0 Å². The van der Waals surface area contributed by atoms with Gasteiger partial charge in [-0.1, -0.05) is 18.2 Å². The standard InChI is InChI=1S/C17H24N2O4/c1-11(15(20)21)18-8-12-5-6-13-9-19(10-14(13)7-12)16(22)23-17(2,3)4/h5-7,11,18H,8-10H2,1-4H3,(H,20,21). The zero-order chi connectivity index (χ0) is 17.2. The molecule has 0 aromatic heterocycles. The van der Waals surface area contributed by atoms with Gasteiger partial charge in [-0.05, 0) is 44.4 Å². The average Bonchev–Trinajstić information content (AvgIpc) is 2.85. The summed E-state index contributed by atoms with van der Waals surface area (Å²) in [5.74, 6) is -0.873. The van der Waals surface area contributed by atoms with Crippen molar-refractivity contribution in [2.24, 2.45) is 0 Å². The molecule has 2 rings (SSSR count). The number of rotatable bonds is 4. The normalized spacial score (nSPS) is 15.2. The van der Waals surface area contributed by atoms with Crippen LogP contribution in [0.1, 0.15) is 44.4 Å². The summed E-state index contributed by atoms with van der Waals surface area (Å²) in [6, 6.07) is 5.36. The third-order valence-corrected chi connectivity index (χ3v) is 3.63. The van der Waals surface area contributed by atoms with Gasteiger partial charge in [-0.25, -0.2) is 4.79 Å². The molecule has 1 unspecified atom stereocenters. The molecule has 1 aliphatic rings. The molecule has 0 saturated heterocycles. The topological polar surface area (TPSA) is 78.9 Å². The summed E-state index contributed by atoms with van der Waals surface area (Å²) in [4.78, 5) is 24.6. The molecule has 0 saturated carbocycles. The molecule has 0 fully saturated rings. The fraction of sp³-hybridized carbons (Fsp3) is 0.529. The van der Waals surface area contributed by atoms with E-state index >= 15 is 0 Å². The molecule has 1 aromatic carbocycles. The van der Waals surface area contributed by atoms with Crippen molar-refractivity contribution in [3.63, 3.8) is 0 Å². The monoisotopic (exact) mass is 320 g/mol. The predicted octanol–water partition coefficient (Wildman–Crippen LogP) is 2.50. The SMILES string of the molecule is CC(NCc1ccc2c(c1)CN(C(=O)OC(C)(C)C)C2)C(=O)O. The fourth-order valence-electron chi connectivity index (χ4n) is 2.37. The number of hydrogen-bond acceptors (Lipinski definition) is 4. The largest absolute Gasteiger partial charge is 0.480 e. The summed E-state index contributed by atoms with van der Waals surface area (Å²) in [7, 11) is 0. The Balaban J connectivity index is 1.98. The molecule has 1 heterocycles. The van der Waals surface area contributed by atoms with Gasteiger partial charge in [-0.2, -0.15) is 0 Å². The Morgan fingerprint density at radius 1 is 1.30 bits per heavy atom. The van der Waals surface area contributed by atoms with Gasteiger partial charge in [0.2, 0.25) is 0 Å². The van der Waals surface area contributed by atoms with E-state index in [0.29, 0.717) is 19.6 Å². The molecule has 0 spiro atoms. The maximum atomic E-state index is 12.1. The van der Waals surface area contributed by atoms with Gasteiger partial charge in [0.15, 0.2) is 0 Å². The molecule has 126 valence electrons. The van der Waals surface area contributed by atoms with Crippen molar-refractivity contribution in [2.75, 3.05) is 0 Å². The Labute approximate surface area is 136 Å². The first-order valence-corrected chi connectivity index (χ1v) is 7.70. The van der Waals surface area contributed by atoms with Crippen molar-refractivity contribution in [2.45, 2.75) is 59.0 Å². The number of aliphatic carboxylic acids is 1. The minimum atomic E-state index is -0.873. The van der Waals surface area contributed by atoms with Crippen LogP contribution in [-0.4, -0.2) is 33.7 Å². The van der Waals surface area contributed by atoms with E-state index in [1.165, 1.54) is 0 Å². The van der Waals surface area contributed by atoms with Crippen LogP contribution in [-0.2, 0) is 29.2 Å². The van der Waals surface area contributed by atoms with Crippen molar-refractivity contribution >= 4 is 12.1 Å². The van der Waals surface area contributed by atoms with Crippen molar-refractivity contribution in [3.8, 4) is 0 Å². The molecule has 1 aliphatic heterocycles. The number of benzene rings is 1. The second-order valence-corrected chi connectivity index (χ2v) is 6.88. The molecule has 0 bridgehead atoms. The quantitative estimate of drug-likeness (QED) is 0.891. The fourth-order valence-corrected chi connectivity index (χ4v) is 2.37. The number of carboxylic acid groups (broad SMARTS) is 1. The second kappa shape index (κ2) is 6.58. The van der Waals surface area contributed by atoms with Crippen molar-refractivity contribution < 1.29 is 19.4 Å². The number of fused-ring (bicyclic) bond motifs is 1. The van der Waals surface area contributed by atoms with E-state index < -0.39 is 17.6 Å². The summed E-state index contributed by atoms with van der Waals surface area (Å²) in [6.07, 6.45) is -0.312. The molecule has 6 nitrogen and oxygen atoms in total. The first-order chi connectivity index (χ1) is 10.7. The third-order valence-electron chi connectivity index (χ3n) is 3.63. The van der Waals surface area contributed by atoms with E-state index in [1.54, 1.807) is 11.8 Å². The number of nitrogens with one attached hydrogen (secondary N) is 1. The lowest BCUT2D eigenvalue weighted by molar-refractivity contribution is -0.139. The Morgan fingerprint density at radius 2 is 1.96 bits per heavy atom. The first kappa shape index (κ1) is 17.3. The molecule has 1 atom stereocenters. The number of hydrogen-bond donors (Lipinski definition) is 2. The summed E-state index contributed by atoms with van der Waals surface area (Å²) < 4.78 is 5.40. The maximum Gasteiger partial charge on any atom is 0.410 e. The lowest BCUT2D eigenvalue weighted by Crippen LogP contribution is -2.33. The molecule has 1 amide bonds. The van der Waals surface area contributed by atoms with E-state index in [2.05, 4.69) is 5.32 Å². The Morgan fingerprint density at radius 3 is 2.57 bits per heavy atom. The smallest absolute Gasteiger partial charge is 0.410 e. The number of carbonyl (C=O) groups excluding carboxylic acids is 1. The van der Waals surface area contributed by atoms with Crippen molar-refractivity contribution in [3.05, 3.63) is 34.9 Å². The van der Waals surface area contributed by atoms with Gasteiger partial charge in [-0.3, -0.25) is 9.69 Å². The summed E-state index contributed by atoms with van der Waals surface area (Å²) in [5, 5.41) is 11.8. The Kier molecular flexibility index (Phi) is 4.94. The molecule has 6 heteroatoms. The van der Waals surface area contributed by atoms with Crippen LogP contribution in [0.4, 0.5) is 4.79 Å². The number of amides is 1. The third kappa shape index (κ3) is 4.69. The van der Waals surface area contributed by atoms with Gasteiger partial charge < -0.3 is 15.2 Å².